The summed E-state index contributed by atoms with van der Waals surface area (Å²) in [5.74, 6) is -0.949. The first-order valence-corrected chi connectivity index (χ1v) is 9.20. The van der Waals surface area contributed by atoms with Crippen LogP contribution < -0.4 is 10.6 Å². The number of benzene rings is 1. The Hall–Kier alpha value is -1.80. The number of nitrogens with two attached hydrogens (primary N) is 1. The van der Waals surface area contributed by atoms with Gasteiger partial charge in [0, 0.05) is 30.3 Å². The summed E-state index contributed by atoms with van der Waals surface area (Å²) in [5, 5.41) is 10.6. The third kappa shape index (κ3) is 2.42. The fraction of sp³-hybridized carbons (Fsp3) is 0.632. The van der Waals surface area contributed by atoms with Gasteiger partial charge in [-0.25, -0.2) is 0 Å². The van der Waals surface area contributed by atoms with E-state index in [-0.39, 0.29) is 29.7 Å². The van der Waals surface area contributed by atoms with Crippen LogP contribution in [0.25, 0.3) is 0 Å². The number of rotatable bonds is 3. The first-order valence-electron chi connectivity index (χ1n) is 9.20. The van der Waals surface area contributed by atoms with E-state index in [2.05, 4.69) is 0 Å². The Balaban J connectivity index is 1.73. The lowest BCUT2D eigenvalue weighted by Gasteiger charge is -2.36. The van der Waals surface area contributed by atoms with Gasteiger partial charge in [-0.05, 0) is 31.5 Å². The Labute approximate surface area is 155 Å². The standard InChI is InChI=1S/C19H23F3N2O3/c1-3-6-18-12-9-24(10-4-5-13(23)11(7-10)19(20,21)22)16(26)15(12)17(2,27-18)8-14(18)25/h4-5,7,12,14-15,25H,3,6,8-9,23H2,1-2H3/t12?,14-,15?,17+,18+/m0/s1. The first kappa shape index (κ1) is 18.6. The highest BCUT2D eigenvalue weighted by Crippen LogP contribution is 2.62. The molecule has 2 unspecified atom stereocenters. The second-order valence-electron chi connectivity index (χ2n) is 8.14. The summed E-state index contributed by atoms with van der Waals surface area (Å²) in [4.78, 5) is 14.5. The molecule has 3 N–H and O–H groups in total. The van der Waals surface area contributed by atoms with Crippen molar-refractivity contribution >= 4 is 17.3 Å². The Morgan fingerprint density at radius 1 is 1.41 bits per heavy atom. The van der Waals surface area contributed by atoms with Crippen LogP contribution in [0, 0.1) is 11.8 Å². The number of carbonyl (C=O) groups is 1. The fourth-order valence-corrected chi connectivity index (χ4v) is 5.45. The van der Waals surface area contributed by atoms with Crippen molar-refractivity contribution in [3.8, 4) is 0 Å². The van der Waals surface area contributed by atoms with Gasteiger partial charge in [-0.2, -0.15) is 13.2 Å². The number of carbonyl (C=O) groups excluding carboxylic acids is 1. The molecule has 148 valence electrons. The van der Waals surface area contributed by atoms with E-state index in [0.29, 0.717) is 12.8 Å². The molecule has 1 amide bonds. The molecule has 3 heterocycles. The van der Waals surface area contributed by atoms with Gasteiger partial charge in [0.1, 0.15) is 5.60 Å². The largest absolute Gasteiger partial charge is 0.418 e. The first-order chi connectivity index (χ1) is 12.5. The maximum absolute atomic E-state index is 13.2. The second kappa shape index (κ2) is 5.61. The summed E-state index contributed by atoms with van der Waals surface area (Å²) in [6.07, 6.45) is -3.50. The maximum atomic E-state index is 13.2. The van der Waals surface area contributed by atoms with Crippen LogP contribution in [-0.2, 0) is 15.7 Å². The summed E-state index contributed by atoms with van der Waals surface area (Å²) in [7, 11) is 0. The topological polar surface area (TPSA) is 75.8 Å². The van der Waals surface area contributed by atoms with E-state index in [1.807, 2.05) is 13.8 Å². The Bertz CT molecular complexity index is 799. The number of anilines is 2. The van der Waals surface area contributed by atoms with Crippen LogP contribution in [0.1, 0.15) is 38.7 Å². The quantitative estimate of drug-likeness (QED) is 0.786. The van der Waals surface area contributed by atoms with Crippen molar-refractivity contribution in [2.75, 3.05) is 17.2 Å². The van der Waals surface area contributed by atoms with E-state index in [1.54, 1.807) is 0 Å². The van der Waals surface area contributed by atoms with Gasteiger partial charge >= 0.3 is 6.18 Å². The molecule has 0 radical (unpaired) electrons. The van der Waals surface area contributed by atoms with Crippen LogP contribution >= 0.6 is 0 Å². The van der Waals surface area contributed by atoms with E-state index >= 15 is 0 Å². The number of aliphatic hydroxyl groups excluding tert-OH is 1. The summed E-state index contributed by atoms with van der Waals surface area (Å²) in [6.45, 7) is 4.04. The highest BCUT2D eigenvalue weighted by molar-refractivity contribution is 5.99. The summed E-state index contributed by atoms with van der Waals surface area (Å²) >= 11 is 0. The highest BCUT2D eigenvalue weighted by atomic mass is 19.4. The van der Waals surface area contributed by atoms with Gasteiger partial charge in [-0.3, -0.25) is 4.79 Å². The molecular formula is C19H23F3N2O3. The number of aliphatic hydroxyl groups is 1. The molecule has 3 fully saturated rings. The van der Waals surface area contributed by atoms with Crippen LogP contribution in [0.15, 0.2) is 18.2 Å². The highest BCUT2D eigenvalue weighted by Gasteiger charge is 2.73. The molecule has 0 aromatic heterocycles. The normalized spacial score (nSPS) is 37.9. The molecule has 27 heavy (non-hydrogen) atoms. The van der Waals surface area contributed by atoms with E-state index in [4.69, 9.17) is 10.5 Å². The molecule has 2 bridgehead atoms. The molecule has 0 saturated carbocycles. The fourth-order valence-electron chi connectivity index (χ4n) is 5.45. The molecule has 0 aliphatic carbocycles. The van der Waals surface area contributed by atoms with Crippen LogP contribution in [0.2, 0.25) is 0 Å². The third-order valence-electron chi connectivity index (χ3n) is 6.48. The van der Waals surface area contributed by atoms with Crippen molar-refractivity contribution < 1.29 is 27.8 Å². The summed E-state index contributed by atoms with van der Waals surface area (Å²) in [5.41, 5.74) is 2.75. The SMILES string of the molecule is CCC[C@]12O[C@](C)(C[C@@H]1O)C1C(=O)N(c3ccc(N)c(C(F)(F)F)c3)CC12. The average Bonchev–Trinajstić information content (AvgIpc) is 3.12. The predicted octanol–water partition coefficient (Wildman–Crippen LogP) is 2.96. The minimum Gasteiger partial charge on any atom is -0.398 e. The van der Waals surface area contributed by atoms with Crippen LogP contribution in [0.3, 0.4) is 0 Å². The van der Waals surface area contributed by atoms with Crippen molar-refractivity contribution in [2.24, 2.45) is 11.8 Å². The smallest absolute Gasteiger partial charge is 0.398 e. The van der Waals surface area contributed by atoms with Crippen LogP contribution in [-0.4, -0.2) is 34.9 Å². The molecule has 4 rings (SSSR count). The number of nitrogens with zero attached hydrogens (tertiary/aromatic N) is 1. The van der Waals surface area contributed by atoms with E-state index in [0.717, 1.165) is 12.5 Å². The van der Waals surface area contributed by atoms with Gasteiger partial charge in [-0.15, -0.1) is 0 Å². The van der Waals surface area contributed by atoms with E-state index in [1.165, 1.54) is 17.0 Å². The number of alkyl halides is 3. The zero-order valence-electron chi connectivity index (χ0n) is 15.2. The molecule has 8 heteroatoms. The number of fused-ring (bicyclic) bond motifs is 5. The molecule has 3 saturated heterocycles. The molecular weight excluding hydrogens is 361 g/mol. The van der Waals surface area contributed by atoms with Crippen molar-refractivity contribution in [1.29, 1.82) is 0 Å². The second-order valence-corrected chi connectivity index (χ2v) is 8.14. The van der Waals surface area contributed by atoms with Gasteiger partial charge in [-0.1, -0.05) is 13.3 Å². The van der Waals surface area contributed by atoms with E-state index in [9.17, 15) is 23.1 Å². The van der Waals surface area contributed by atoms with Gasteiger partial charge in [0.05, 0.1) is 23.2 Å². The lowest BCUT2D eigenvalue weighted by molar-refractivity contribution is -0.137. The minimum absolute atomic E-state index is 0.181. The molecule has 3 aliphatic heterocycles. The van der Waals surface area contributed by atoms with Gasteiger partial charge in [0.2, 0.25) is 5.91 Å². The van der Waals surface area contributed by atoms with E-state index < -0.39 is 35.0 Å². The van der Waals surface area contributed by atoms with Crippen LogP contribution in [0.4, 0.5) is 24.5 Å². The monoisotopic (exact) mass is 384 g/mol. The lowest BCUT2D eigenvalue weighted by Crippen LogP contribution is -2.49. The van der Waals surface area contributed by atoms with Gasteiger partial charge < -0.3 is 20.5 Å². The zero-order valence-corrected chi connectivity index (χ0v) is 15.2. The Morgan fingerprint density at radius 2 is 2.11 bits per heavy atom. The molecule has 3 aliphatic rings. The number of amides is 1. The van der Waals surface area contributed by atoms with Crippen molar-refractivity contribution in [2.45, 2.75) is 56.6 Å². The van der Waals surface area contributed by atoms with Crippen molar-refractivity contribution in [3.05, 3.63) is 23.8 Å². The van der Waals surface area contributed by atoms with Crippen molar-refractivity contribution in [1.82, 2.24) is 0 Å². The average molecular weight is 384 g/mol. The van der Waals surface area contributed by atoms with Crippen molar-refractivity contribution in [3.63, 3.8) is 0 Å². The van der Waals surface area contributed by atoms with Crippen LogP contribution in [0.5, 0.6) is 0 Å². The Morgan fingerprint density at radius 3 is 2.74 bits per heavy atom. The molecule has 1 aromatic rings. The Kier molecular flexibility index (Phi) is 3.85. The number of nitrogen functional groups attached to an aromatic ring is 1. The number of hydrogen-bond acceptors (Lipinski definition) is 4. The number of ether oxygens (including phenoxy) is 1. The molecule has 5 atom stereocenters. The lowest BCUT2D eigenvalue weighted by atomic mass is 9.66. The van der Waals surface area contributed by atoms with Gasteiger partial charge in [0.25, 0.3) is 0 Å². The number of halogens is 3. The number of hydrogen-bond donors (Lipinski definition) is 2. The third-order valence-corrected chi connectivity index (χ3v) is 6.48. The molecule has 0 spiro atoms. The van der Waals surface area contributed by atoms with Gasteiger partial charge in [0.15, 0.2) is 0 Å². The summed E-state index contributed by atoms with van der Waals surface area (Å²) in [6, 6.07) is 3.56. The maximum Gasteiger partial charge on any atom is 0.418 e. The molecule has 1 aromatic carbocycles. The zero-order chi connectivity index (χ0) is 19.8. The summed E-state index contributed by atoms with van der Waals surface area (Å²) < 4.78 is 45.9. The minimum atomic E-state index is -4.59. The predicted molar refractivity (Wildman–Crippen MR) is 92.9 cm³/mol. The molecule has 5 nitrogen and oxygen atoms in total.